The summed E-state index contributed by atoms with van der Waals surface area (Å²) in [6.45, 7) is 0. The molecule has 0 bridgehead atoms. The number of nitrogens with one attached hydrogen (secondary N) is 1. The van der Waals surface area contributed by atoms with Crippen LogP contribution in [0.2, 0.25) is 5.02 Å². The van der Waals surface area contributed by atoms with Crippen LogP contribution in [0.4, 0.5) is 20.4 Å². The third kappa shape index (κ3) is 2.76. The fraction of sp³-hybridized carbons (Fsp3) is 0. The smallest absolute Gasteiger partial charge is 0.150 e. The van der Waals surface area contributed by atoms with Gasteiger partial charge in [-0.05, 0) is 24.3 Å². The number of anilines is 2. The average molecular weight is 359 g/mol. The monoisotopic (exact) mass is 358 g/mol. The molecule has 3 aromatic heterocycles. The molecule has 0 aliphatic heterocycles. The Kier molecular flexibility index (Phi) is 3.73. The Hall–Kier alpha value is -3.13. The van der Waals surface area contributed by atoms with Gasteiger partial charge in [0.1, 0.15) is 34.5 Å². The average Bonchev–Trinajstić information content (AvgIpc) is 3.04. The zero-order valence-electron chi connectivity index (χ0n) is 12.5. The van der Waals surface area contributed by atoms with Crippen molar-refractivity contribution in [2.24, 2.45) is 0 Å². The fourth-order valence-corrected chi connectivity index (χ4v) is 2.61. The van der Waals surface area contributed by atoms with Gasteiger partial charge in [-0.3, -0.25) is 0 Å². The Labute approximate surface area is 145 Å². The van der Waals surface area contributed by atoms with Crippen molar-refractivity contribution in [2.45, 2.75) is 0 Å². The molecule has 0 saturated heterocycles. The Morgan fingerprint density at radius 2 is 1.84 bits per heavy atom. The number of hydrogen-bond acceptors (Lipinski definition) is 5. The van der Waals surface area contributed by atoms with E-state index < -0.39 is 11.6 Å². The minimum atomic E-state index is -0.727. The Bertz CT molecular complexity index is 1070. The van der Waals surface area contributed by atoms with Crippen LogP contribution in [0.1, 0.15) is 0 Å². The lowest BCUT2D eigenvalue weighted by molar-refractivity contribution is 0.588. The van der Waals surface area contributed by atoms with Gasteiger partial charge in [-0.1, -0.05) is 11.6 Å². The molecule has 0 aliphatic carbocycles. The van der Waals surface area contributed by atoms with E-state index in [-0.39, 0.29) is 10.7 Å². The van der Waals surface area contributed by atoms with E-state index in [0.29, 0.717) is 22.5 Å². The summed E-state index contributed by atoms with van der Waals surface area (Å²) in [5.74, 6) is -0.402. The van der Waals surface area contributed by atoms with Crippen LogP contribution in [0.25, 0.3) is 16.6 Å². The predicted molar refractivity (Wildman–Crippen MR) is 89.1 cm³/mol. The zero-order chi connectivity index (χ0) is 17.4. The van der Waals surface area contributed by atoms with Crippen LogP contribution in [0.5, 0.6) is 0 Å². The maximum absolute atomic E-state index is 14.1. The van der Waals surface area contributed by atoms with Gasteiger partial charge in [0, 0.05) is 18.6 Å². The lowest BCUT2D eigenvalue weighted by Gasteiger charge is -2.06. The summed E-state index contributed by atoms with van der Waals surface area (Å²) in [5.41, 5.74) is 0.372. The number of nitrogens with zero attached hydrogens (tertiary/aromatic N) is 5. The molecule has 3 heterocycles. The maximum atomic E-state index is 14.1. The summed E-state index contributed by atoms with van der Waals surface area (Å²) >= 11 is 5.91. The summed E-state index contributed by atoms with van der Waals surface area (Å²) in [7, 11) is 0. The molecule has 0 unspecified atom stereocenters. The molecule has 1 aromatic carbocycles. The minimum absolute atomic E-state index is 0.161. The van der Waals surface area contributed by atoms with E-state index in [2.05, 4.69) is 25.4 Å². The highest BCUT2D eigenvalue weighted by Crippen LogP contribution is 2.29. The summed E-state index contributed by atoms with van der Waals surface area (Å²) in [6, 6.07) is 5.30. The lowest BCUT2D eigenvalue weighted by Crippen LogP contribution is -2.00. The third-order valence-electron chi connectivity index (χ3n) is 3.51. The van der Waals surface area contributed by atoms with Crippen LogP contribution in [0.15, 0.2) is 49.2 Å². The zero-order valence-corrected chi connectivity index (χ0v) is 13.2. The molecule has 9 heteroatoms. The molecular weight excluding hydrogens is 350 g/mol. The van der Waals surface area contributed by atoms with E-state index in [9.17, 15) is 8.78 Å². The summed E-state index contributed by atoms with van der Waals surface area (Å²) < 4.78 is 29.0. The molecule has 0 aliphatic rings. The Morgan fingerprint density at radius 1 is 1.00 bits per heavy atom. The van der Waals surface area contributed by atoms with Gasteiger partial charge >= 0.3 is 0 Å². The molecule has 0 fully saturated rings. The van der Waals surface area contributed by atoms with Gasteiger partial charge in [-0.25, -0.2) is 28.4 Å². The minimum Gasteiger partial charge on any atom is -0.324 e. The van der Waals surface area contributed by atoms with E-state index in [4.69, 9.17) is 11.6 Å². The number of rotatable bonds is 3. The van der Waals surface area contributed by atoms with Crippen molar-refractivity contribution in [3.63, 3.8) is 0 Å². The van der Waals surface area contributed by atoms with Crippen molar-refractivity contribution in [1.29, 1.82) is 0 Å². The number of hydrogen-bond donors (Lipinski definition) is 1. The standard InChI is InChI=1S/C16H9ClF2N6/c17-14-10(18)1-2-11(19)15(14)25-7-9-12(24-25)3-6-21-16(9)23-13-4-5-20-8-22-13/h1-8H,(H,20,21,22,23). The SMILES string of the molecule is Fc1ccc(F)c(-n2cc3c(Nc4ccncn4)nccc3n2)c1Cl. The number of halogens is 3. The van der Waals surface area contributed by atoms with Crippen molar-refractivity contribution >= 4 is 34.1 Å². The van der Waals surface area contributed by atoms with Gasteiger partial charge in [0.15, 0.2) is 5.82 Å². The van der Waals surface area contributed by atoms with Crippen LogP contribution in [0, 0.1) is 11.6 Å². The van der Waals surface area contributed by atoms with Crippen LogP contribution < -0.4 is 5.32 Å². The summed E-state index contributed by atoms with van der Waals surface area (Å²) in [6.07, 6.45) is 6.05. The first-order chi connectivity index (χ1) is 12.1. The van der Waals surface area contributed by atoms with Crippen molar-refractivity contribution in [3.05, 3.63) is 65.8 Å². The molecule has 25 heavy (non-hydrogen) atoms. The van der Waals surface area contributed by atoms with E-state index in [1.54, 1.807) is 24.5 Å². The van der Waals surface area contributed by atoms with Gasteiger partial charge in [0.25, 0.3) is 0 Å². The molecule has 0 spiro atoms. The topological polar surface area (TPSA) is 68.5 Å². The second-order valence-electron chi connectivity index (χ2n) is 5.08. The molecule has 0 saturated carbocycles. The number of pyridine rings is 1. The van der Waals surface area contributed by atoms with E-state index in [0.717, 1.165) is 12.1 Å². The van der Waals surface area contributed by atoms with Gasteiger partial charge in [0.05, 0.1) is 10.9 Å². The fourth-order valence-electron chi connectivity index (χ4n) is 2.37. The molecule has 0 amide bonds. The highest BCUT2D eigenvalue weighted by Gasteiger charge is 2.17. The van der Waals surface area contributed by atoms with E-state index >= 15 is 0 Å². The van der Waals surface area contributed by atoms with Gasteiger partial charge < -0.3 is 5.32 Å². The first-order valence-electron chi connectivity index (χ1n) is 7.15. The first-order valence-corrected chi connectivity index (χ1v) is 7.52. The van der Waals surface area contributed by atoms with Crippen molar-refractivity contribution in [3.8, 4) is 5.69 Å². The van der Waals surface area contributed by atoms with Gasteiger partial charge in [0.2, 0.25) is 0 Å². The van der Waals surface area contributed by atoms with Crippen molar-refractivity contribution in [1.82, 2.24) is 24.7 Å². The second-order valence-corrected chi connectivity index (χ2v) is 5.46. The highest BCUT2D eigenvalue weighted by molar-refractivity contribution is 6.32. The molecule has 0 atom stereocenters. The molecule has 4 aromatic rings. The predicted octanol–water partition coefficient (Wildman–Crippen LogP) is 3.89. The number of benzene rings is 1. The summed E-state index contributed by atoms with van der Waals surface area (Å²) in [5, 5.41) is 7.55. The van der Waals surface area contributed by atoms with Crippen LogP contribution >= 0.6 is 11.6 Å². The first kappa shape index (κ1) is 15.4. The van der Waals surface area contributed by atoms with Crippen LogP contribution in [-0.4, -0.2) is 24.7 Å². The van der Waals surface area contributed by atoms with Crippen molar-refractivity contribution in [2.75, 3.05) is 5.32 Å². The Morgan fingerprint density at radius 3 is 2.64 bits per heavy atom. The largest absolute Gasteiger partial charge is 0.324 e. The van der Waals surface area contributed by atoms with E-state index in [1.165, 1.54) is 17.2 Å². The molecule has 6 nitrogen and oxygen atoms in total. The Balaban J connectivity index is 1.84. The molecular formula is C16H9ClF2N6. The molecule has 124 valence electrons. The van der Waals surface area contributed by atoms with Crippen LogP contribution in [0.3, 0.4) is 0 Å². The van der Waals surface area contributed by atoms with Crippen molar-refractivity contribution < 1.29 is 8.78 Å². The molecule has 0 radical (unpaired) electrons. The maximum Gasteiger partial charge on any atom is 0.150 e. The summed E-state index contributed by atoms with van der Waals surface area (Å²) in [4.78, 5) is 12.2. The third-order valence-corrected chi connectivity index (χ3v) is 3.87. The quantitative estimate of drug-likeness (QED) is 0.563. The van der Waals surface area contributed by atoms with Gasteiger partial charge in [-0.15, -0.1) is 0 Å². The molecule has 1 N–H and O–H groups in total. The normalized spacial score (nSPS) is 11.0. The van der Waals surface area contributed by atoms with E-state index in [1.807, 2.05) is 0 Å². The lowest BCUT2D eigenvalue weighted by atomic mass is 10.3. The number of aromatic nitrogens is 5. The number of fused-ring (bicyclic) bond motifs is 1. The molecule has 4 rings (SSSR count). The second kappa shape index (κ2) is 6.06. The van der Waals surface area contributed by atoms with Gasteiger partial charge in [-0.2, -0.15) is 5.10 Å². The van der Waals surface area contributed by atoms with Crippen LogP contribution in [-0.2, 0) is 0 Å². The highest BCUT2D eigenvalue weighted by atomic mass is 35.5.